The monoisotopic (exact) mass is 240 g/mol. The molecule has 1 aliphatic heterocycles. The Hall–Kier alpha value is -1.85. The Morgan fingerprint density at radius 1 is 1.41 bits per heavy atom. The summed E-state index contributed by atoms with van der Waals surface area (Å²) in [6.45, 7) is 5.27. The van der Waals surface area contributed by atoms with Crippen LogP contribution in [0.3, 0.4) is 0 Å². The lowest BCUT2D eigenvalue weighted by Crippen LogP contribution is -2.36. The number of rotatable bonds is 3. The summed E-state index contributed by atoms with van der Waals surface area (Å²) in [5.41, 5.74) is 3.93. The molecule has 0 aliphatic carbocycles. The number of hydrazone groups is 1. The van der Waals surface area contributed by atoms with Gasteiger partial charge in [-0.15, -0.1) is 0 Å². The van der Waals surface area contributed by atoms with Crippen LogP contribution in [0.2, 0.25) is 0 Å². The number of methoxy groups -OCH3 is 1. The second-order valence-electron chi connectivity index (χ2n) is 3.58. The van der Waals surface area contributed by atoms with E-state index in [9.17, 15) is 9.59 Å². The quantitative estimate of drug-likeness (QED) is 0.731. The van der Waals surface area contributed by atoms with Crippen LogP contribution in [-0.2, 0) is 19.1 Å². The van der Waals surface area contributed by atoms with Crippen molar-refractivity contribution < 1.29 is 19.1 Å². The molecule has 17 heavy (non-hydrogen) atoms. The summed E-state index contributed by atoms with van der Waals surface area (Å²) in [5.74, 6) is -1.84. The van der Waals surface area contributed by atoms with Crippen LogP contribution in [-0.4, -0.2) is 31.4 Å². The molecule has 1 unspecified atom stereocenters. The topological polar surface area (TPSA) is 77.0 Å². The van der Waals surface area contributed by atoms with E-state index in [0.29, 0.717) is 11.4 Å². The van der Waals surface area contributed by atoms with Gasteiger partial charge in [-0.2, -0.15) is 5.10 Å². The molecule has 1 rings (SSSR count). The number of ether oxygens (including phenoxy) is 2. The van der Waals surface area contributed by atoms with Crippen molar-refractivity contribution in [3.05, 3.63) is 11.3 Å². The van der Waals surface area contributed by atoms with Gasteiger partial charge >= 0.3 is 11.9 Å². The van der Waals surface area contributed by atoms with Crippen molar-refractivity contribution in [3.8, 4) is 0 Å². The molecule has 0 aromatic heterocycles. The SMILES string of the molecule is CCOC(=O)C1=C(C)NN=C(C)C1C(=O)OC. The van der Waals surface area contributed by atoms with E-state index in [4.69, 9.17) is 4.74 Å². The highest BCUT2D eigenvalue weighted by Crippen LogP contribution is 2.22. The highest BCUT2D eigenvalue weighted by Gasteiger charge is 2.36. The Morgan fingerprint density at radius 3 is 2.59 bits per heavy atom. The van der Waals surface area contributed by atoms with Crippen molar-refractivity contribution in [2.75, 3.05) is 13.7 Å². The van der Waals surface area contributed by atoms with Crippen molar-refractivity contribution in [1.82, 2.24) is 5.43 Å². The van der Waals surface area contributed by atoms with Gasteiger partial charge in [-0.1, -0.05) is 0 Å². The fraction of sp³-hybridized carbons (Fsp3) is 0.545. The van der Waals surface area contributed by atoms with Crippen molar-refractivity contribution in [1.29, 1.82) is 0 Å². The first kappa shape index (κ1) is 13.2. The summed E-state index contributed by atoms with van der Waals surface area (Å²) in [6, 6.07) is 0. The van der Waals surface area contributed by atoms with Crippen LogP contribution >= 0.6 is 0 Å². The van der Waals surface area contributed by atoms with Crippen LogP contribution in [0, 0.1) is 5.92 Å². The van der Waals surface area contributed by atoms with E-state index in [1.165, 1.54) is 7.11 Å². The first-order chi connectivity index (χ1) is 8.02. The second kappa shape index (κ2) is 5.47. The third-order valence-electron chi connectivity index (χ3n) is 2.44. The Bertz CT molecular complexity index is 398. The molecule has 0 spiro atoms. The van der Waals surface area contributed by atoms with Gasteiger partial charge in [0.05, 0.1) is 25.0 Å². The average molecular weight is 240 g/mol. The fourth-order valence-electron chi connectivity index (χ4n) is 1.61. The predicted molar refractivity (Wildman–Crippen MR) is 61.1 cm³/mol. The molecule has 0 aromatic rings. The smallest absolute Gasteiger partial charge is 0.337 e. The molecule has 6 heteroatoms. The number of carbonyl (C=O) groups excluding carboxylic acids is 2. The summed E-state index contributed by atoms with van der Waals surface area (Å²) < 4.78 is 9.60. The number of hydrogen-bond donors (Lipinski definition) is 1. The molecule has 1 aliphatic rings. The summed E-state index contributed by atoms with van der Waals surface area (Å²) in [7, 11) is 1.27. The molecular weight excluding hydrogens is 224 g/mol. The van der Waals surface area contributed by atoms with E-state index in [-0.39, 0.29) is 12.2 Å². The number of allylic oxidation sites excluding steroid dienone is 1. The lowest BCUT2D eigenvalue weighted by Gasteiger charge is -2.23. The van der Waals surface area contributed by atoms with E-state index in [1.54, 1.807) is 20.8 Å². The molecule has 6 nitrogen and oxygen atoms in total. The van der Waals surface area contributed by atoms with Gasteiger partial charge in [-0.25, -0.2) is 4.79 Å². The zero-order valence-corrected chi connectivity index (χ0v) is 10.4. The largest absolute Gasteiger partial charge is 0.468 e. The number of hydrogen-bond acceptors (Lipinski definition) is 6. The summed E-state index contributed by atoms with van der Waals surface area (Å²) in [5, 5.41) is 3.95. The standard InChI is InChI=1S/C11H16N2O4/c1-5-17-11(15)9-7(3)13-12-6(2)8(9)10(14)16-4/h8,13H,5H2,1-4H3. The Balaban J connectivity index is 3.11. The lowest BCUT2D eigenvalue weighted by molar-refractivity contribution is -0.146. The van der Waals surface area contributed by atoms with Gasteiger partial charge in [0.1, 0.15) is 5.92 Å². The molecule has 1 N–H and O–H groups in total. The van der Waals surface area contributed by atoms with E-state index in [2.05, 4.69) is 15.3 Å². The molecular formula is C11H16N2O4. The minimum atomic E-state index is -0.791. The maximum Gasteiger partial charge on any atom is 0.337 e. The van der Waals surface area contributed by atoms with Gasteiger partial charge in [0.15, 0.2) is 0 Å². The molecule has 0 radical (unpaired) electrons. The molecule has 0 saturated carbocycles. The second-order valence-corrected chi connectivity index (χ2v) is 3.58. The Morgan fingerprint density at radius 2 is 2.06 bits per heavy atom. The van der Waals surface area contributed by atoms with E-state index >= 15 is 0 Å². The fourth-order valence-corrected chi connectivity index (χ4v) is 1.61. The van der Waals surface area contributed by atoms with Gasteiger partial charge < -0.3 is 9.47 Å². The first-order valence-electron chi connectivity index (χ1n) is 5.28. The first-order valence-corrected chi connectivity index (χ1v) is 5.28. The molecule has 0 amide bonds. The predicted octanol–water partition coefficient (Wildman–Crippen LogP) is 0.592. The summed E-state index contributed by atoms with van der Waals surface area (Å²) in [4.78, 5) is 23.5. The lowest BCUT2D eigenvalue weighted by atomic mass is 9.92. The van der Waals surface area contributed by atoms with E-state index in [0.717, 1.165) is 0 Å². The van der Waals surface area contributed by atoms with Gasteiger partial charge in [-0.05, 0) is 20.8 Å². The van der Waals surface area contributed by atoms with Crippen molar-refractivity contribution in [2.45, 2.75) is 20.8 Å². The minimum Gasteiger partial charge on any atom is -0.468 e. The third-order valence-corrected chi connectivity index (χ3v) is 2.44. The molecule has 1 heterocycles. The summed E-state index contributed by atoms with van der Waals surface area (Å²) >= 11 is 0. The minimum absolute atomic E-state index is 0.250. The maximum atomic E-state index is 11.8. The van der Waals surface area contributed by atoms with Gasteiger partial charge in [0.2, 0.25) is 0 Å². The Labute approximate surface area is 99.7 Å². The highest BCUT2D eigenvalue weighted by molar-refractivity contribution is 6.11. The molecule has 0 fully saturated rings. The molecule has 0 saturated heterocycles. The average Bonchev–Trinajstić information content (AvgIpc) is 2.31. The Kier molecular flexibility index (Phi) is 4.25. The highest BCUT2D eigenvalue weighted by atomic mass is 16.5. The zero-order chi connectivity index (χ0) is 13.0. The third kappa shape index (κ3) is 2.64. The van der Waals surface area contributed by atoms with Crippen LogP contribution in [0.1, 0.15) is 20.8 Å². The van der Waals surface area contributed by atoms with E-state index < -0.39 is 17.9 Å². The molecule has 0 aromatic carbocycles. The van der Waals surface area contributed by atoms with Crippen LogP contribution in [0.25, 0.3) is 0 Å². The van der Waals surface area contributed by atoms with Crippen LogP contribution in [0.5, 0.6) is 0 Å². The normalized spacial score (nSPS) is 19.3. The number of esters is 2. The zero-order valence-electron chi connectivity index (χ0n) is 10.4. The number of nitrogens with zero attached hydrogens (tertiary/aromatic N) is 1. The van der Waals surface area contributed by atoms with Gasteiger partial charge in [-0.3, -0.25) is 10.2 Å². The van der Waals surface area contributed by atoms with Crippen LogP contribution in [0.15, 0.2) is 16.4 Å². The van der Waals surface area contributed by atoms with Crippen molar-refractivity contribution >= 4 is 17.7 Å². The maximum absolute atomic E-state index is 11.8. The number of carbonyl (C=O) groups is 2. The van der Waals surface area contributed by atoms with Crippen molar-refractivity contribution in [3.63, 3.8) is 0 Å². The molecule has 94 valence electrons. The molecule has 1 atom stereocenters. The van der Waals surface area contributed by atoms with Gasteiger partial charge in [0.25, 0.3) is 0 Å². The van der Waals surface area contributed by atoms with Gasteiger partial charge in [0, 0.05) is 5.70 Å². The van der Waals surface area contributed by atoms with Crippen LogP contribution in [0.4, 0.5) is 0 Å². The summed E-state index contributed by atoms with van der Waals surface area (Å²) in [6.07, 6.45) is 0. The van der Waals surface area contributed by atoms with E-state index in [1.807, 2.05) is 0 Å². The van der Waals surface area contributed by atoms with Crippen LogP contribution < -0.4 is 5.43 Å². The molecule has 0 bridgehead atoms. The number of nitrogens with one attached hydrogen (secondary N) is 1. The van der Waals surface area contributed by atoms with Crippen molar-refractivity contribution in [2.24, 2.45) is 11.0 Å².